The fraction of sp³-hybridized carbons (Fsp3) is 1.00. The van der Waals surface area contributed by atoms with Crippen molar-refractivity contribution in [2.45, 2.75) is 50.7 Å². The predicted molar refractivity (Wildman–Crippen MR) is 51.1 cm³/mol. The molecule has 0 saturated carbocycles. The Morgan fingerprint density at radius 2 is 1.67 bits per heavy atom. The Labute approximate surface area is 102 Å². The van der Waals surface area contributed by atoms with Gasteiger partial charge in [0.15, 0.2) is 0 Å². The molecule has 0 amide bonds. The van der Waals surface area contributed by atoms with Crippen LogP contribution in [0.4, 0.5) is 0 Å². The van der Waals surface area contributed by atoms with E-state index in [1.165, 1.54) is 17.4 Å². The molecule has 0 atom stereocenters. The van der Waals surface area contributed by atoms with Gasteiger partial charge in [0, 0.05) is 0 Å². The normalized spacial score (nSPS) is 8.83. The molecule has 0 aromatic carbocycles. The number of hydrogen-bond acceptors (Lipinski definition) is 1. The number of halogens is 1. The van der Waals surface area contributed by atoms with Gasteiger partial charge in [-0.2, -0.15) is 0 Å². The van der Waals surface area contributed by atoms with Crippen molar-refractivity contribution in [2.24, 2.45) is 0 Å². The van der Waals surface area contributed by atoms with Gasteiger partial charge < -0.3 is 14.2 Å². The fourth-order valence-corrected chi connectivity index (χ4v) is 1.60. The summed E-state index contributed by atoms with van der Waals surface area (Å²) in [5.74, 6) is 0. The first kappa shape index (κ1) is 19.2. The van der Waals surface area contributed by atoms with Crippen molar-refractivity contribution >= 4 is 28.3 Å². The van der Waals surface area contributed by atoms with E-state index >= 15 is 0 Å². The van der Waals surface area contributed by atoms with Crippen molar-refractivity contribution in [2.75, 3.05) is 0 Å². The molecule has 0 aromatic rings. The first-order chi connectivity index (χ1) is 4.91. The van der Waals surface area contributed by atoms with Gasteiger partial charge in [-0.3, -0.25) is 0 Å². The van der Waals surface area contributed by atoms with Crippen LogP contribution in [0.25, 0.3) is 0 Å². The van der Waals surface area contributed by atoms with E-state index in [1.54, 1.807) is 20.8 Å². The zero-order chi connectivity index (χ0) is 9.33. The largest absolute Gasteiger partial charge is 1.00 e. The molecule has 12 heavy (non-hydrogen) atoms. The van der Waals surface area contributed by atoms with Gasteiger partial charge in [-0.1, -0.05) is 40.5 Å². The van der Waals surface area contributed by atoms with Gasteiger partial charge in [-0.15, -0.1) is 10.2 Å². The van der Waals surface area contributed by atoms with E-state index in [-0.39, 0.29) is 38.1 Å². The predicted octanol–water partition coefficient (Wildman–Crippen LogP) is -0.788. The second-order valence-corrected chi connectivity index (χ2v) is 5.73. The number of hydrogen-bond donors (Lipinski definition) is 0. The molecule has 0 fully saturated rings. The third-order valence-electron chi connectivity index (χ3n) is 0.737. The molecule has 0 rings (SSSR count). The van der Waals surface area contributed by atoms with Crippen LogP contribution in [0.3, 0.4) is 0 Å². The third kappa shape index (κ3) is 61.5. The van der Waals surface area contributed by atoms with Crippen molar-refractivity contribution in [1.29, 1.82) is 0 Å². The molecule has 0 aliphatic rings. The molecule has 0 N–H and O–H groups in total. The zero-order valence-corrected chi connectivity index (χ0v) is 11.3. The number of unbranched alkanes of at least 4 members (excludes halogenated alkanes) is 1. The van der Waals surface area contributed by atoms with Gasteiger partial charge in [0.1, 0.15) is 0 Å². The van der Waals surface area contributed by atoms with Gasteiger partial charge in [0.25, 0.3) is 0 Å². The van der Waals surface area contributed by atoms with E-state index in [0.29, 0.717) is 0 Å². The minimum absolute atomic E-state index is 0. The third-order valence-corrected chi connectivity index (χ3v) is 2.31. The molecule has 0 heterocycles. The summed E-state index contributed by atoms with van der Waals surface area (Å²) in [5, 5.41) is 10.1. The summed E-state index contributed by atoms with van der Waals surface area (Å²) in [7, 11) is 5.52. The quantitative estimate of drug-likeness (QED) is 0.429. The van der Waals surface area contributed by atoms with Gasteiger partial charge in [-0.05, 0) is 0 Å². The van der Waals surface area contributed by atoms with E-state index in [4.69, 9.17) is 9.07 Å². The Kier molecular flexibility index (Phi) is 20.2. The summed E-state index contributed by atoms with van der Waals surface area (Å²) >= 11 is -0.125. The van der Waals surface area contributed by atoms with E-state index in [0.717, 1.165) is 0 Å². The summed E-state index contributed by atoms with van der Waals surface area (Å²) in [4.78, 5) is 0. The monoisotopic (exact) mass is 196 g/mol. The average Bonchev–Trinajstić information content (AvgIpc) is 1.79. The van der Waals surface area contributed by atoms with Crippen LogP contribution < -0.4 is 24.0 Å². The van der Waals surface area contributed by atoms with E-state index < -0.39 is 5.60 Å². The van der Waals surface area contributed by atoms with Crippen molar-refractivity contribution in [3.05, 3.63) is 0 Å². The van der Waals surface area contributed by atoms with Gasteiger partial charge >= 0.3 is 38.1 Å². The Morgan fingerprint density at radius 3 is 1.75 bits per heavy atom. The van der Waals surface area contributed by atoms with Crippen LogP contribution in [0.15, 0.2) is 0 Å². The maximum Gasteiger partial charge on any atom is 1.00 e. The Morgan fingerprint density at radius 1 is 1.33 bits per heavy atom. The molecule has 0 unspecified atom stereocenters. The van der Waals surface area contributed by atoms with Crippen LogP contribution in [0.5, 0.6) is 0 Å². The first-order valence-corrected chi connectivity index (χ1v) is 7.32. The molecule has 0 saturated heterocycles. The van der Waals surface area contributed by atoms with Gasteiger partial charge in [0.2, 0.25) is 0 Å². The minimum Gasteiger partial charge on any atom is -0.850 e. The fourth-order valence-electron chi connectivity index (χ4n) is 0.344. The number of rotatable bonds is 3. The Balaban J connectivity index is -0.000000126. The van der Waals surface area contributed by atoms with E-state index in [1.807, 2.05) is 0 Å². The van der Waals surface area contributed by atoms with Crippen molar-refractivity contribution in [1.82, 2.24) is 0 Å². The van der Waals surface area contributed by atoms with Crippen LogP contribution in [0, 0.1) is 0 Å². The van der Waals surface area contributed by atoms with Crippen LogP contribution >= 0.6 is 9.07 Å². The molecular weight excluding hydrogens is 179 g/mol. The second-order valence-electron chi connectivity index (χ2n) is 3.51. The van der Waals surface area contributed by atoms with Crippen LogP contribution in [-0.4, -0.2) is 24.9 Å². The van der Waals surface area contributed by atoms with Gasteiger partial charge in [-0.25, -0.2) is 0 Å². The molecule has 0 aliphatic heterocycles. The van der Waals surface area contributed by atoms with Crippen LogP contribution in [0.2, 0.25) is 4.55 Å². The molecule has 0 radical (unpaired) electrons. The van der Waals surface area contributed by atoms with E-state index in [2.05, 4.69) is 6.92 Å². The molecule has 4 heteroatoms. The summed E-state index contributed by atoms with van der Waals surface area (Å²) in [6.07, 6.45) is 2.65. The molecule has 0 spiro atoms. The second kappa shape index (κ2) is 12.6. The van der Waals surface area contributed by atoms with Crippen molar-refractivity contribution < 1.29 is 24.0 Å². The molecular formula is C8H18ClLiMgO. The van der Waals surface area contributed by atoms with Crippen molar-refractivity contribution in [3.8, 4) is 0 Å². The molecule has 1 nitrogen and oxygen atoms in total. The van der Waals surface area contributed by atoms with Crippen LogP contribution in [-0.2, 0) is 0 Å². The zero-order valence-electron chi connectivity index (χ0n) is 9.11. The molecule has 0 aromatic heterocycles. The topological polar surface area (TPSA) is 23.1 Å². The Bertz CT molecular complexity index is 65.9. The van der Waals surface area contributed by atoms with Crippen molar-refractivity contribution in [3.63, 3.8) is 0 Å². The first-order valence-electron chi connectivity index (χ1n) is 4.18. The van der Waals surface area contributed by atoms with Crippen LogP contribution in [0.1, 0.15) is 40.5 Å². The van der Waals surface area contributed by atoms with E-state index in [9.17, 15) is 5.11 Å². The molecule has 0 bridgehead atoms. The van der Waals surface area contributed by atoms with Gasteiger partial charge in [0.05, 0.1) is 0 Å². The molecule has 66 valence electrons. The standard InChI is InChI=1S/C4H9O.C4H9.ClH.Li.Mg/c1-4(2,3)5;1-3-4-2;;;/h1-3H3;1,3-4H2,2H3;1H;;/q-1;;;2*+1/p-1. The Hall–Kier alpha value is 1.61. The summed E-state index contributed by atoms with van der Waals surface area (Å²) in [6, 6.07) is 0. The average molecular weight is 197 g/mol. The summed E-state index contributed by atoms with van der Waals surface area (Å²) < 4.78 is 1.32. The minimum atomic E-state index is -0.750. The summed E-state index contributed by atoms with van der Waals surface area (Å²) in [5.41, 5.74) is -0.750. The molecule has 0 aliphatic carbocycles. The maximum absolute atomic E-state index is 10.1. The summed E-state index contributed by atoms with van der Waals surface area (Å²) in [6.45, 7) is 7.09. The SMILES string of the molecule is CC(C)(C)[O-].CCC[CH2][Mg][Cl].[Li+]. The smallest absolute Gasteiger partial charge is 0.850 e. The maximum atomic E-state index is 10.1.